The van der Waals surface area contributed by atoms with Crippen molar-refractivity contribution in [2.75, 3.05) is 0 Å². The topological polar surface area (TPSA) is 20.2 Å². The average Bonchev–Trinajstić information content (AvgIpc) is 2.32. The van der Waals surface area contributed by atoms with Crippen LogP contribution in [-0.4, -0.2) is 10.7 Å². The van der Waals surface area contributed by atoms with Crippen LogP contribution < -0.4 is 0 Å². The smallest absolute Gasteiger partial charge is 0.0700 e. The predicted octanol–water partition coefficient (Wildman–Crippen LogP) is 3.99. The van der Waals surface area contributed by atoms with Crippen molar-refractivity contribution < 1.29 is 5.11 Å². The van der Waals surface area contributed by atoms with Gasteiger partial charge in [-0.05, 0) is 30.2 Å². The molecule has 0 heterocycles. The number of hydrogen-bond acceptors (Lipinski definition) is 1. The molecule has 1 nitrogen and oxygen atoms in total. The first-order valence-electron chi connectivity index (χ1n) is 6.06. The summed E-state index contributed by atoms with van der Waals surface area (Å²) >= 11 is 3.42. The third-order valence-electron chi connectivity index (χ3n) is 2.93. The Morgan fingerprint density at radius 3 is 1.94 bits per heavy atom. The zero-order valence-corrected chi connectivity index (χ0v) is 12.0. The molecule has 2 aromatic carbocycles. The van der Waals surface area contributed by atoms with Gasteiger partial charge in [-0.15, -0.1) is 0 Å². The summed E-state index contributed by atoms with van der Waals surface area (Å²) in [6.45, 7) is 1.89. The molecular formula is C16H17BrO. The lowest BCUT2D eigenvalue weighted by atomic mass is 9.90. The maximum absolute atomic E-state index is 10.5. The van der Waals surface area contributed by atoms with E-state index in [1.54, 1.807) is 0 Å². The van der Waals surface area contributed by atoms with E-state index in [0.717, 1.165) is 10.0 Å². The monoisotopic (exact) mass is 304 g/mol. The first kappa shape index (κ1) is 13.3. The lowest BCUT2D eigenvalue weighted by Gasteiger charge is -2.23. The average molecular weight is 305 g/mol. The summed E-state index contributed by atoms with van der Waals surface area (Å²) in [7, 11) is 0. The van der Waals surface area contributed by atoms with Gasteiger partial charge in [0.25, 0.3) is 0 Å². The molecule has 0 bridgehead atoms. The SMILES string of the molecule is CC(O)(Cc1ccccc1)Cc1ccc(Br)cc1. The highest BCUT2D eigenvalue weighted by Crippen LogP contribution is 2.20. The Balaban J connectivity index is 2.05. The van der Waals surface area contributed by atoms with Crippen LogP contribution in [0.5, 0.6) is 0 Å². The van der Waals surface area contributed by atoms with Gasteiger partial charge in [0.15, 0.2) is 0 Å². The molecule has 0 fully saturated rings. The highest BCUT2D eigenvalue weighted by Gasteiger charge is 2.21. The van der Waals surface area contributed by atoms with E-state index in [4.69, 9.17) is 0 Å². The van der Waals surface area contributed by atoms with Crippen LogP contribution in [0.2, 0.25) is 0 Å². The minimum atomic E-state index is -0.713. The molecule has 0 radical (unpaired) electrons. The summed E-state index contributed by atoms with van der Waals surface area (Å²) in [5.74, 6) is 0. The molecule has 0 spiro atoms. The number of rotatable bonds is 4. The van der Waals surface area contributed by atoms with Gasteiger partial charge in [0.2, 0.25) is 0 Å². The molecule has 0 aliphatic carbocycles. The number of hydrogen-bond donors (Lipinski definition) is 1. The van der Waals surface area contributed by atoms with Crippen molar-refractivity contribution in [2.45, 2.75) is 25.4 Å². The van der Waals surface area contributed by atoms with Crippen LogP contribution in [0.25, 0.3) is 0 Å². The molecule has 2 aromatic rings. The van der Waals surface area contributed by atoms with Crippen LogP contribution in [-0.2, 0) is 12.8 Å². The fourth-order valence-electron chi connectivity index (χ4n) is 2.14. The van der Waals surface area contributed by atoms with Crippen molar-refractivity contribution in [3.8, 4) is 0 Å². The molecule has 0 aromatic heterocycles. The van der Waals surface area contributed by atoms with E-state index in [2.05, 4.69) is 28.1 Å². The Bertz CT molecular complexity index is 488. The van der Waals surface area contributed by atoms with Crippen molar-refractivity contribution >= 4 is 15.9 Å². The molecule has 1 atom stereocenters. The quantitative estimate of drug-likeness (QED) is 0.905. The van der Waals surface area contributed by atoms with Crippen molar-refractivity contribution in [2.24, 2.45) is 0 Å². The van der Waals surface area contributed by atoms with Crippen molar-refractivity contribution in [1.82, 2.24) is 0 Å². The van der Waals surface area contributed by atoms with E-state index >= 15 is 0 Å². The second-order valence-corrected chi connectivity index (χ2v) is 5.88. The largest absolute Gasteiger partial charge is 0.389 e. The molecule has 0 aliphatic heterocycles. The second kappa shape index (κ2) is 5.68. The second-order valence-electron chi connectivity index (χ2n) is 4.96. The zero-order valence-electron chi connectivity index (χ0n) is 10.4. The Morgan fingerprint density at radius 1 is 0.889 bits per heavy atom. The number of benzene rings is 2. The van der Waals surface area contributed by atoms with Crippen LogP contribution in [0.3, 0.4) is 0 Å². The summed E-state index contributed by atoms with van der Waals surface area (Å²) in [5.41, 5.74) is 1.61. The van der Waals surface area contributed by atoms with Gasteiger partial charge in [-0.2, -0.15) is 0 Å². The Morgan fingerprint density at radius 2 is 1.39 bits per heavy atom. The van der Waals surface area contributed by atoms with Crippen LogP contribution >= 0.6 is 15.9 Å². The maximum atomic E-state index is 10.5. The molecule has 94 valence electrons. The van der Waals surface area contributed by atoms with Crippen molar-refractivity contribution in [1.29, 1.82) is 0 Å². The van der Waals surface area contributed by atoms with Gasteiger partial charge in [-0.3, -0.25) is 0 Å². The van der Waals surface area contributed by atoms with E-state index in [-0.39, 0.29) is 0 Å². The van der Waals surface area contributed by atoms with Crippen LogP contribution in [0, 0.1) is 0 Å². The van der Waals surface area contributed by atoms with Crippen LogP contribution in [0.4, 0.5) is 0 Å². The summed E-state index contributed by atoms with van der Waals surface area (Å²) in [4.78, 5) is 0. The lowest BCUT2D eigenvalue weighted by Crippen LogP contribution is -2.30. The molecule has 1 unspecified atom stereocenters. The van der Waals surface area contributed by atoms with E-state index in [9.17, 15) is 5.11 Å². The molecule has 18 heavy (non-hydrogen) atoms. The molecule has 0 saturated carbocycles. The van der Waals surface area contributed by atoms with E-state index < -0.39 is 5.60 Å². The molecule has 2 heteroatoms. The minimum absolute atomic E-state index is 0.662. The highest BCUT2D eigenvalue weighted by atomic mass is 79.9. The highest BCUT2D eigenvalue weighted by molar-refractivity contribution is 9.10. The lowest BCUT2D eigenvalue weighted by molar-refractivity contribution is 0.0608. The summed E-state index contributed by atoms with van der Waals surface area (Å²) in [6.07, 6.45) is 1.33. The van der Waals surface area contributed by atoms with Gasteiger partial charge in [-0.25, -0.2) is 0 Å². The normalized spacial score (nSPS) is 14.2. The number of aliphatic hydroxyl groups is 1. The molecule has 1 N–H and O–H groups in total. The van der Waals surface area contributed by atoms with Gasteiger partial charge in [-0.1, -0.05) is 58.4 Å². The molecule has 0 saturated heterocycles. The first-order chi connectivity index (χ1) is 8.55. The summed E-state index contributed by atoms with van der Waals surface area (Å²) < 4.78 is 1.06. The fraction of sp³-hybridized carbons (Fsp3) is 0.250. The van der Waals surface area contributed by atoms with Crippen molar-refractivity contribution in [3.05, 3.63) is 70.2 Å². The third kappa shape index (κ3) is 3.97. The first-order valence-corrected chi connectivity index (χ1v) is 6.85. The predicted molar refractivity (Wildman–Crippen MR) is 78.6 cm³/mol. The van der Waals surface area contributed by atoms with Gasteiger partial charge in [0.05, 0.1) is 5.60 Å². The zero-order chi connectivity index (χ0) is 13.0. The number of halogens is 1. The fourth-order valence-corrected chi connectivity index (χ4v) is 2.40. The summed E-state index contributed by atoms with van der Waals surface area (Å²) in [5, 5.41) is 10.5. The Labute approximate surface area is 117 Å². The summed E-state index contributed by atoms with van der Waals surface area (Å²) in [6, 6.07) is 18.2. The van der Waals surface area contributed by atoms with Crippen molar-refractivity contribution in [3.63, 3.8) is 0 Å². The molecule has 0 aliphatic rings. The van der Waals surface area contributed by atoms with E-state index in [1.165, 1.54) is 5.56 Å². The molecule has 2 rings (SSSR count). The maximum Gasteiger partial charge on any atom is 0.0700 e. The van der Waals surface area contributed by atoms with Gasteiger partial charge >= 0.3 is 0 Å². The van der Waals surface area contributed by atoms with E-state index in [1.807, 2.05) is 49.4 Å². The van der Waals surface area contributed by atoms with Crippen LogP contribution in [0.15, 0.2) is 59.1 Å². The Hall–Kier alpha value is -1.12. The molecule has 0 amide bonds. The van der Waals surface area contributed by atoms with Gasteiger partial charge in [0, 0.05) is 17.3 Å². The minimum Gasteiger partial charge on any atom is -0.389 e. The standard InChI is InChI=1S/C16H17BrO/c1-16(18,11-13-5-3-2-4-6-13)12-14-7-9-15(17)10-8-14/h2-10,18H,11-12H2,1H3. The third-order valence-corrected chi connectivity index (χ3v) is 3.45. The molecular weight excluding hydrogens is 288 g/mol. The van der Waals surface area contributed by atoms with E-state index in [0.29, 0.717) is 12.8 Å². The Kier molecular flexibility index (Phi) is 4.20. The van der Waals surface area contributed by atoms with Gasteiger partial charge < -0.3 is 5.11 Å². The van der Waals surface area contributed by atoms with Crippen LogP contribution in [0.1, 0.15) is 18.1 Å². The van der Waals surface area contributed by atoms with Gasteiger partial charge in [0.1, 0.15) is 0 Å².